The van der Waals surface area contributed by atoms with Gasteiger partial charge in [0, 0.05) is 5.54 Å². The Balaban J connectivity index is 4.36. The fraction of sp³-hybridized carbons (Fsp3) is 0.889. The molecular weight excluding hydrogens is 200 g/mol. The second-order valence-electron chi connectivity index (χ2n) is 4.58. The number of urea groups is 1. The van der Waals surface area contributed by atoms with Crippen molar-refractivity contribution >= 4 is 6.03 Å². The third-order valence-electron chi connectivity index (χ3n) is 1.78. The van der Waals surface area contributed by atoms with Crippen LogP contribution in [0.1, 0.15) is 20.8 Å². The van der Waals surface area contributed by atoms with Gasteiger partial charge in [-0.15, -0.1) is 0 Å². The molecule has 0 atom stereocenters. The van der Waals surface area contributed by atoms with E-state index in [0.29, 0.717) is 0 Å². The third kappa shape index (κ3) is 4.96. The summed E-state index contributed by atoms with van der Waals surface area (Å²) in [6.45, 7) is 3.80. The quantitative estimate of drug-likeness (QED) is 0.410. The van der Waals surface area contributed by atoms with E-state index in [1.807, 2.05) is 0 Å². The summed E-state index contributed by atoms with van der Waals surface area (Å²) in [5.41, 5.74) is -1.80. The maximum atomic E-state index is 11.4. The highest BCUT2D eigenvalue weighted by Crippen LogP contribution is 2.03. The molecule has 0 fully saturated rings. The van der Waals surface area contributed by atoms with Gasteiger partial charge in [0.2, 0.25) is 0 Å². The van der Waals surface area contributed by atoms with Gasteiger partial charge in [-0.1, -0.05) is 0 Å². The number of carbonyl (C=O) groups is 1. The molecule has 0 heterocycles. The molecule has 0 spiro atoms. The predicted molar refractivity (Wildman–Crippen MR) is 55.4 cm³/mol. The van der Waals surface area contributed by atoms with E-state index < -0.39 is 36.9 Å². The van der Waals surface area contributed by atoms with Gasteiger partial charge in [-0.25, -0.2) is 4.79 Å². The number of nitrogens with one attached hydrogen (secondary N) is 2. The molecule has 0 aromatic carbocycles. The first kappa shape index (κ1) is 14.2. The van der Waals surface area contributed by atoms with Crippen LogP contribution in [0.2, 0.25) is 0 Å². The topological polar surface area (TPSA) is 102 Å². The Kier molecular flexibility index (Phi) is 4.99. The summed E-state index contributed by atoms with van der Waals surface area (Å²) < 4.78 is 0. The molecule has 0 rings (SSSR count). The van der Waals surface area contributed by atoms with E-state index in [-0.39, 0.29) is 0 Å². The van der Waals surface area contributed by atoms with Crippen molar-refractivity contribution in [1.29, 1.82) is 0 Å². The summed E-state index contributed by atoms with van der Waals surface area (Å²) >= 11 is 0. The average molecular weight is 220 g/mol. The van der Waals surface area contributed by atoms with Crippen molar-refractivity contribution in [2.24, 2.45) is 0 Å². The molecule has 6 heteroatoms. The number of hydrogen-bond donors (Lipinski definition) is 5. The maximum absolute atomic E-state index is 11.4. The van der Waals surface area contributed by atoms with Gasteiger partial charge >= 0.3 is 6.03 Å². The molecule has 0 radical (unpaired) electrons. The van der Waals surface area contributed by atoms with Gasteiger partial charge in [0.15, 0.2) is 0 Å². The van der Waals surface area contributed by atoms with E-state index in [4.69, 9.17) is 15.3 Å². The number of rotatable bonds is 4. The molecule has 0 aromatic heterocycles. The minimum atomic E-state index is -1.38. The van der Waals surface area contributed by atoms with Crippen molar-refractivity contribution in [1.82, 2.24) is 10.6 Å². The van der Waals surface area contributed by atoms with Crippen molar-refractivity contribution in [3.8, 4) is 0 Å². The minimum Gasteiger partial charge on any atom is -0.394 e. The van der Waals surface area contributed by atoms with Crippen molar-refractivity contribution in [2.75, 3.05) is 19.8 Å². The van der Waals surface area contributed by atoms with Gasteiger partial charge in [-0.2, -0.15) is 0 Å². The van der Waals surface area contributed by atoms with Crippen molar-refractivity contribution < 1.29 is 20.1 Å². The third-order valence-corrected chi connectivity index (χ3v) is 1.78. The molecule has 0 saturated carbocycles. The highest BCUT2D eigenvalue weighted by molar-refractivity contribution is 5.75. The van der Waals surface area contributed by atoms with Crippen LogP contribution in [0, 0.1) is 0 Å². The lowest BCUT2D eigenvalue weighted by Gasteiger charge is -2.31. The van der Waals surface area contributed by atoms with Crippen LogP contribution in [0.3, 0.4) is 0 Å². The molecule has 15 heavy (non-hydrogen) atoms. The molecule has 0 unspecified atom stereocenters. The highest BCUT2D eigenvalue weighted by atomic mass is 16.3. The molecule has 90 valence electrons. The van der Waals surface area contributed by atoms with E-state index in [1.54, 1.807) is 20.8 Å². The molecule has 0 aliphatic rings. The van der Waals surface area contributed by atoms with Gasteiger partial charge in [0.25, 0.3) is 0 Å². The minimum absolute atomic E-state index is 0.420. The van der Waals surface area contributed by atoms with Crippen molar-refractivity contribution in [2.45, 2.75) is 31.8 Å². The Morgan fingerprint density at radius 3 is 1.67 bits per heavy atom. The summed E-state index contributed by atoms with van der Waals surface area (Å²) in [4.78, 5) is 11.4. The fourth-order valence-corrected chi connectivity index (χ4v) is 0.881. The normalized spacial score (nSPS) is 12.4. The molecule has 0 aliphatic heterocycles. The van der Waals surface area contributed by atoms with E-state index in [9.17, 15) is 4.79 Å². The Morgan fingerprint density at radius 2 is 1.40 bits per heavy atom. The standard InChI is InChI=1S/C9H20N2O4/c1-8(2,3)10-7(15)11-9(4-12,5-13)6-14/h12-14H,4-6H2,1-3H3,(H2,10,11,15). The first-order chi connectivity index (χ1) is 6.78. The summed E-state index contributed by atoms with van der Waals surface area (Å²) in [6, 6.07) is -0.542. The van der Waals surface area contributed by atoms with Gasteiger partial charge in [0.1, 0.15) is 5.54 Å². The predicted octanol–water partition coefficient (Wildman–Crippen LogP) is -1.20. The molecule has 2 amide bonds. The molecular formula is C9H20N2O4. The Hall–Kier alpha value is -0.850. The van der Waals surface area contributed by atoms with Crippen molar-refractivity contribution in [3.05, 3.63) is 0 Å². The number of aliphatic hydroxyl groups is 3. The van der Waals surface area contributed by atoms with E-state index in [1.165, 1.54) is 0 Å². The van der Waals surface area contributed by atoms with Gasteiger partial charge in [-0.3, -0.25) is 0 Å². The largest absolute Gasteiger partial charge is 0.394 e. The lowest BCUT2D eigenvalue weighted by molar-refractivity contribution is 0.0486. The highest BCUT2D eigenvalue weighted by Gasteiger charge is 2.30. The smallest absolute Gasteiger partial charge is 0.315 e. The van der Waals surface area contributed by atoms with Crippen LogP contribution in [0.15, 0.2) is 0 Å². The molecule has 0 aliphatic carbocycles. The monoisotopic (exact) mass is 220 g/mol. The zero-order valence-electron chi connectivity index (χ0n) is 9.37. The second-order valence-corrected chi connectivity index (χ2v) is 4.58. The molecule has 0 aromatic rings. The Bertz CT molecular complexity index is 200. The zero-order chi connectivity index (χ0) is 12.1. The number of hydrogen-bond acceptors (Lipinski definition) is 4. The van der Waals surface area contributed by atoms with Crippen LogP contribution in [0.4, 0.5) is 4.79 Å². The van der Waals surface area contributed by atoms with Crippen LogP contribution >= 0.6 is 0 Å². The number of amides is 2. The van der Waals surface area contributed by atoms with Crippen LogP contribution < -0.4 is 10.6 Å². The van der Waals surface area contributed by atoms with E-state index in [0.717, 1.165) is 0 Å². The Labute approximate surface area is 89.3 Å². The summed E-state index contributed by atoms with van der Waals surface area (Å²) in [7, 11) is 0. The van der Waals surface area contributed by atoms with Gasteiger partial charge < -0.3 is 26.0 Å². The van der Waals surface area contributed by atoms with Gasteiger partial charge in [0.05, 0.1) is 19.8 Å². The first-order valence-electron chi connectivity index (χ1n) is 4.71. The molecule has 5 N–H and O–H groups in total. The van der Waals surface area contributed by atoms with Crippen molar-refractivity contribution in [3.63, 3.8) is 0 Å². The van der Waals surface area contributed by atoms with Crippen LogP contribution in [0.25, 0.3) is 0 Å². The summed E-state index contributed by atoms with van der Waals surface area (Å²) in [5.74, 6) is 0. The van der Waals surface area contributed by atoms with E-state index >= 15 is 0 Å². The molecule has 6 nitrogen and oxygen atoms in total. The van der Waals surface area contributed by atoms with Gasteiger partial charge in [-0.05, 0) is 20.8 Å². The SMILES string of the molecule is CC(C)(C)NC(=O)NC(CO)(CO)CO. The number of carbonyl (C=O) groups excluding carboxylic acids is 1. The Morgan fingerprint density at radius 1 is 1.00 bits per heavy atom. The second kappa shape index (κ2) is 5.29. The fourth-order valence-electron chi connectivity index (χ4n) is 0.881. The maximum Gasteiger partial charge on any atom is 0.315 e. The lowest BCUT2D eigenvalue weighted by atomic mass is 10.0. The zero-order valence-corrected chi connectivity index (χ0v) is 9.37. The van der Waals surface area contributed by atoms with Crippen LogP contribution in [-0.4, -0.2) is 52.2 Å². The summed E-state index contributed by atoms with van der Waals surface area (Å²) in [6.07, 6.45) is 0. The van der Waals surface area contributed by atoms with E-state index in [2.05, 4.69) is 10.6 Å². The first-order valence-corrected chi connectivity index (χ1v) is 4.71. The average Bonchev–Trinajstić information content (AvgIpc) is 2.11. The van der Waals surface area contributed by atoms with Crippen LogP contribution in [-0.2, 0) is 0 Å². The summed E-state index contributed by atoms with van der Waals surface area (Å²) in [5, 5.41) is 31.8. The molecule has 0 bridgehead atoms. The lowest BCUT2D eigenvalue weighted by Crippen LogP contribution is -2.61. The molecule has 0 saturated heterocycles. The number of aliphatic hydroxyl groups excluding tert-OH is 3. The van der Waals surface area contributed by atoms with Crippen LogP contribution in [0.5, 0.6) is 0 Å².